The fraction of sp³-hybridized carbons (Fsp3) is 0.938. The highest BCUT2D eigenvalue weighted by molar-refractivity contribution is 5.69. The zero-order valence-corrected chi connectivity index (χ0v) is 24.8. The van der Waals surface area contributed by atoms with Gasteiger partial charge < -0.3 is 18.4 Å². The average molecular weight is 535 g/mol. The summed E-state index contributed by atoms with van der Waals surface area (Å²) in [5.41, 5.74) is 0. The van der Waals surface area contributed by atoms with Gasteiger partial charge in [0.05, 0.1) is 65.6 Å². The molecule has 6 heteroatoms. The fourth-order valence-corrected chi connectivity index (χ4v) is 8.65. The minimum atomic E-state index is -0.00589. The normalized spacial score (nSPS) is 35.1. The first-order chi connectivity index (χ1) is 18.4. The molecular weight excluding hydrogens is 476 g/mol. The Morgan fingerprint density at radius 1 is 0.553 bits per heavy atom. The number of quaternary nitrogens is 2. The highest BCUT2D eigenvalue weighted by atomic mass is 16.5. The van der Waals surface area contributed by atoms with E-state index < -0.39 is 0 Å². The number of hydrogen-bond acceptors (Lipinski definition) is 4. The summed E-state index contributed by atoms with van der Waals surface area (Å²) in [6.07, 6.45) is 20.3. The molecule has 0 N–H and O–H groups in total. The van der Waals surface area contributed by atoms with E-state index in [0.29, 0.717) is 50.0 Å². The number of fused-ring (bicyclic) bond motifs is 2. The topological polar surface area (TPSA) is 52.6 Å². The van der Waals surface area contributed by atoms with Crippen LogP contribution in [0.2, 0.25) is 0 Å². The highest BCUT2D eigenvalue weighted by Crippen LogP contribution is 2.37. The molecule has 38 heavy (non-hydrogen) atoms. The summed E-state index contributed by atoms with van der Waals surface area (Å²) >= 11 is 0. The Labute approximate surface area is 233 Å². The fourth-order valence-electron chi connectivity index (χ4n) is 8.65. The minimum Gasteiger partial charge on any atom is -0.465 e. The maximum Gasteiger partial charge on any atom is 0.305 e. The van der Waals surface area contributed by atoms with Crippen LogP contribution in [0.5, 0.6) is 0 Å². The number of hydrogen-bond donors (Lipinski definition) is 0. The van der Waals surface area contributed by atoms with Gasteiger partial charge in [-0.3, -0.25) is 9.59 Å². The van der Waals surface area contributed by atoms with Crippen LogP contribution in [-0.2, 0) is 19.1 Å². The zero-order valence-electron chi connectivity index (χ0n) is 24.8. The van der Waals surface area contributed by atoms with Gasteiger partial charge in [-0.1, -0.05) is 25.7 Å². The van der Waals surface area contributed by atoms with Crippen molar-refractivity contribution in [2.75, 3.05) is 53.5 Å². The predicted molar refractivity (Wildman–Crippen MR) is 151 cm³/mol. The number of carbonyl (C=O) groups is 2. The first kappa shape index (κ1) is 29.8. The molecule has 0 bridgehead atoms. The third kappa shape index (κ3) is 8.19. The van der Waals surface area contributed by atoms with E-state index in [0.717, 1.165) is 38.5 Å². The SMILES string of the molecule is C[N+]12CCCCC1C(COC(=O)CCCCCCCCC(=O)OCC1CCC[N+]3(C)CCCCC13)CCC2. The van der Waals surface area contributed by atoms with Crippen LogP contribution in [0.15, 0.2) is 0 Å². The van der Waals surface area contributed by atoms with Gasteiger partial charge in [-0.15, -0.1) is 0 Å². The van der Waals surface area contributed by atoms with Crippen LogP contribution in [0, 0.1) is 11.8 Å². The molecule has 4 fully saturated rings. The van der Waals surface area contributed by atoms with E-state index in [1.54, 1.807) is 0 Å². The molecule has 0 amide bonds. The lowest BCUT2D eigenvalue weighted by Crippen LogP contribution is -2.61. The lowest BCUT2D eigenvalue weighted by Gasteiger charge is -2.51. The van der Waals surface area contributed by atoms with Gasteiger partial charge in [0.1, 0.15) is 0 Å². The lowest BCUT2D eigenvalue weighted by molar-refractivity contribution is -0.947. The molecule has 6 atom stereocenters. The summed E-state index contributed by atoms with van der Waals surface area (Å²) in [4.78, 5) is 24.7. The molecule has 4 aliphatic rings. The monoisotopic (exact) mass is 534 g/mol. The van der Waals surface area contributed by atoms with E-state index >= 15 is 0 Å². The Balaban J connectivity index is 0.985. The van der Waals surface area contributed by atoms with Gasteiger partial charge in [-0.05, 0) is 64.2 Å². The van der Waals surface area contributed by atoms with Gasteiger partial charge in [0, 0.05) is 37.5 Å². The highest BCUT2D eigenvalue weighted by Gasteiger charge is 2.45. The number of nitrogens with zero attached hydrogens (tertiary/aromatic N) is 2. The summed E-state index contributed by atoms with van der Waals surface area (Å²) in [6.45, 7) is 6.47. The molecule has 0 aromatic carbocycles. The third-order valence-electron chi connectivity index (χ3n) is 10.9. The van der Waals surface area contributed by atoms with Crippen molar-refractivity contribution in [2.24, 2.45) is 11.8 Å². The molecule has 4 aliphatic heterocycles. The van der Waals surface area contributed by atoms with E-state index in [2.05, 4.69) is 14.1 Å². The number of piperidine rings is 4. The van der Waals surface area contributed by atoms with Crippen molar-refractivity contribution in [3.63, 3.8) is 0 Å². The molecule has 4 saturated heterocycles. The molecule has 0 aromatic rings. The number of carbonyl (C=O) groups excluding carboxylic acids is 2. The van der Waals surface area contributed by atoms with Crippen LogP contribution in [0.4, 0.5) is 0 Å². The summed E-state index contributed by atoms with van der Waals surface area (Å²) in [6, 6.07) is 1.39. The Bertz CT molecular complexity index is 690. The van der Waals surface area contributed by atoms with Gasteiger partial charge in [-0.2, -0.15) is 0 Å². The van der Waals surface area contributed by atoms with Crippen molar-refractivity contribution in [1.29, 1.82) is 0 Å². The van der Waals surface area contributed by atoms with Crippen LogP contribution in [0.1, 0.15) is 116 Å². The molecule has 0 radical (unpaired) electrons. The van der Waals surface area contributed by atoms with Crippen LogP contribution >= 0.6 is 0 Å². The van der Waals surface area contributed by atoms with Crippen molar-refractivity contribution in [3.05, 3.63) is 0 Å². The second kappa shape index (κ2) is 14.5. The Kier molecular flexibility index (Phi) is 11.4. The first-order valence-electron chi connectivity index (χ1n) is 16.4. The summed E-state index contributed by atoms with van der Waals surface area (Å²) in [5.74, 6) is 1.10. The number of unbranched alkanes of at least 4 members (excludes halogenated alkanes) is 5. The minimum absolute atomic E-state index is 0.00589. The second-order valence-corrected chi connectivity index (χ2v) is 13.8. The Morgan fingerprint density at radius 2 is 0.947 bits per heavy atom. The van der Waals surface area contributed by atoms with Gasteiger partial charge in [0.2, 0.25) is 0 Å². The smallest absolute Gasteiger partial charge is 0.305 e. The van der Waals surface area contributed by atoms with Crippen molar-refractivity contribution in [2.45, 2.75) is 128 Å². The van der Waals surface area contributed by atoms with Crippen molar-refractivity contribution in [1.82, 2.24) is 0 Å². The van der Waals surface area contributed by atoms with E-state index in [1.807, 2.05) is 0 Å². The second-order valence-electron chi connectivity index (χ2n) is 13.8. The molecule has 0 aliphatic carbocycles. The standard InChI is InChI=1S/C32H58N2O4/c1-33-21-11-9-17-29(33)27(15-13-23-33)25-37-31(35)19-7-5-3-4-6-8-20-32(36)38-26-28-16-14-24-34(2)22-12-10-18-30(28)34/h27-30H,3-26H2,1-2H3/q+2. The van der Waals surface area contributed by atoms with Crippen molar-refractivity contribution >= 4 is 11.9 Å². The maximum atomic E-state index is 12.3. The van der Waals surface area contributed by atoms with Crippen LogP contribution in [-0.4, -0.2) is 86.5 Å². The number of esters is 2. The van der Waals surface area contributed by atoms with Crippen LogP contribution in [0.25, 0.3) is 0 Å². The van der Waals surface area contributed by atoms with E-state index in [4.69, 9.17) is 9.47 Å². The zero-order chi connectivity index (χ0) is 26.8. The van der Waals surface area contributed by atoms with Gasteiger partial charge >= 0.3 is 11.9 Å². The molecule has 0 saturated carbocycles. The van der Waals surface area contributed by atoms with E-state index in [-0.39, 0.29) is 11.9 Å². The molecule has 4 heterocycles. The average Bonchev–Trinajstić information content (AvgIpc) is 2.91. The number of rotatable bonds is 13. The number of ether oxygens (including phenoxy) is 2. The Hall–Kier alpha value is -1.14. The Morgan fingerprint density at radius 3 is 1.39 bits per heavy atom. The molecule has 0 spiro atoms. The van der Waals surface area contributed by atoms with Gasteiger partial charge in [0.15, 0.2) is 0 Å². The summed E-state index contributed by atoms with van der Waals surface area (Å²) < 4.78 is 13.9. The molecular formula is C32H58N2O4+2. The van der Waals surface area contributed by atoms with Crippen molar-refractivity contribution < 1.29 is 28.0 Å². The van der Waals surface area contributed by atoms with E-state index in [1.165, 1.54) is 99.4 Å². The third-order valence-corrected chi connectivity index (χ3v) is 10.9. The lowest BCUT2D eigenvalue weighted by atomic mass is 9.82. The summed E-state index contributed by atoms with van der Waals surface area (Å²) in [7, 11) is 4.84. The first-order valence-corrected chi connectivity index (χ1v) is 16.4. The predicted octanol–water partition coefficient (Wildman–Crippen LogP) is 6.01. The van der Waals surface area contributed by atoms with E-state index in [9.17, 15) is 9.59 Å². The largest absolute Gasteiger partial charge is 0.465 e. The van der Waals surface area contributed by atoms with Gasteiger partial charge in [-0.25, -0.2) is 0 Å². The molecule has 0 aromatic heterocycles. The summed E-state index contributed by atoms with van der Waals surface area (Å²) in [5, 5.41) is 0. The van der Waals surface area contributed by atoms with Gasteiger partial charge in [0.25, 0.3) is 0 Å². The quantitative estimate of drug-likeness (QED) is 0.165. The molecule has 4 rings (SSSR count). The molecule has 6 nitrogen and oxygen atoms in total. The van der Waals surface area contributed by atoms with Crippen molar-refractivity contribution in [3.8, 4) is 0 Å². The maximum absolute atomic E-state index is 12.3. The van der Waals surface area contributed by atoms with Crippen LogP contribution < -0.4 is 0 Å². The van der Waals surface area contributed by atoms with Crippen LogP contribution in [0.3, 0.4) is 0 Å². The molecule has 218 valence electrons. The molecule has 6 unspecified atom stereocenters.